The summed E-state index contributed by atoms with van der Waals surface area (Å²) in [6, 6.07) is 27.0. The van der Waals surface area contributed by atoms with Gasteiger partial charge in [-0.05, 0) is 28.6 Å². The first kappa shape index (κ1) is 23.1. The van der Waals surface area contributed by atoms with Crippen molar-refractivity contribution in [2.24, 2.45) is 0 Å². The number of H-pyrrole nitrogens is 1. The number of alkyl carbamates (subject to hydrolysis) is 1. The minimum atomic E-state index is -0.648. The number of ether oxygens (including phenoxy) is 1. The van der Waals surface area contributed by atoms with Crippen molar-refractivity contribution in [2.75, 3.05) is 6.54 Å². The van der Waals surface area contributed by atoms with Gasteiger partial charge in [-0.2, -0.15) is 0 Å². The zero-order chi connectivity index (χ0) is 24.7. The van der Waals surface area contributed by atoms with Crippen molar-refractivity contribution in [2.45, 2.75) is 19.1 Å². The molecule has 3 N–H and O–H groups in total. The van der Waals surface area contributed by atoms with Crippen LogP contribution in [0, 0.1) is 0 Å². The lowest BCUT2D eigenvalue weighted by molar-refractivity contribution is -0.121. The van der Waals surface area contributed by atoms with E-state index in [-0.39, 0.29) is 19.1 Å². The molecule has 2 heterocycles. The first-order valence-electron chi connectivity index (χ1n) is 11.8. The Hall–Kier alpha value is -4.65. The monoisotopic (exact) mass is 478 g/mol. The quantitative estimate of drug-likeness (QED) is 0.291. The third-order valence-electron chi connectivity index (χ3n) is 6.07. The summed E-state index contributed by atoms with van der Waals surface area (Å²) in [5, 5.41) is 8.72. The molecule has 180 valence electrons. The Morgan fingerprint density at radius 2 is 1.64 bits per heavy atom. The maximum Gasteiger partial charge on any atom is 0.407 e. The van der Waals surface area contributed by atoms with Gasteiger partial charge in [-0.15, -0.1) is 0 Å². The summed E-state index contributed by atoms with van der Waals surface area (Å²) in [4.78, 5) is 33.0. The minimum Gasteiger partial charge on any atom is -0.445 e. The molecule has 1 atom stereocenters. The average Bonchev–Trinajstić information content (AvgIpc) is 3.33. The number of hydrogen-bond donors (Lipinski definition) is 3. The summed E-state index contributed by atoms with van der Waals surface area (Å²) >= 11 is 0. The van der Waals surface area contributed by atoms with Crippen molar-refractivity contribution in [3.8, 4) is 0 Å². The lowest BCUT2D eigenvalue weighted by atomic mass is 9.98. The Balaban J connectivity index is 1.31. The molecule has 7 heteroatoms. The number of para-hydroxylation sites is 1. The fourth-order valence-electron chi connectivity index (χ4n) is 4.33. The first-order valence-corrected chi connectivity index (χ1v) is 11.8. The van der Waals surface area contributed by atoms with Crippen molar-refractivity contribution in [1.29, 1.82) is 0 Å². The van der Waals surface area contributed by atoms with Gasteiger partial charge in [-0.25, -0.2) is 4.79 Å². The zero-order valence-corrected chi connectivity index (χ0v) is 19.6. The van der Waals surface area contributed by atoms with Crippen LogP contribution in [0.2, 0.25) is 0 Å². The molecule has 0 saturated carbocycles. The van der Waals surface area contributed by atoms with Gasteiger partial charge in [-0.3, -0.25) is 9.78 Å². The zero-order valence-electron chi connectivity index (χ0n) is 19.6. The summed E-state index contributed by atoms with van der Waals surface area (Å²) in [6.45, 7) is -0.0693. The van der Waals surface area contributed by atoms with Crippen LogP contribution in [0.25, 0.3) is 21.7 Å². The molecule has 0 saturated heterocycles. The largest absolute Gasteiger partial charge is 0.445 e. The van der Waals surface area contributed by atoms with Gasteiger partial charge in [0.1, 0.15) is 13.2 Å². The predicted molar refractivity (Wildman–Crippen MR) is 139 cm³/mol. The summed E-state index contributed by atoms with van der Waals surface area (Å²) in [5.74, 6) is -0.328. The molecule has 7 nitrogen and oxygen atoms in total. The van der Waals surface area contributed by atoms with Crippen LogP contribution >= 0.6 is 0 Å². The molecule has 5 aromatic rings. The second-order valence-corrected chi connectivity index (χ2v) is 8.52. The number of aromatic nitrogens is 2. The van der Waals surface area contributed by atoms with Gasteiger partial charge in [-0.1, -0.05) is 72.8 Å². The molecule has 0 unspecified atom stereocenters. The summed E-state index contributed by atoms with van der Waals surface area (Å²) in [5.41, 5.74) is 3.75. The molecule has 2 aromatic heterocycles. The van der Waals surface area contributed by atoms with Crippen molar-refractivity contribution in [1.82, 2.24) is 20.6 Å². The molecule has 5 rings (SSSR count). The SMILES string of the molecule is O=C(CNC(=O)OCc1ccccc1)N[C@@H](Cc1c[nH]c2ccccc12)c1nccc2ccccc12. The average molecular weight is 479 g/mol. The topological polar surface area (TPSA) is 96.1 Å². The van der Waals surface area contributed by atoms with E-state index in [1.807, 2.05) is 85.1 Å². The van der Waals surface area contributed by atoms with E-state index in [0.717, 1.165) is 38.5 Å². The summed E-state index contributed by atoms with van der Waals surface area (Å²) in [6.07, 6.45) is 3.61. The molecule has 3 aromatic carbocycles. The van der Waals surface area contributed by atoms with Crippen LogP contribution < -0.4 is 10.6 Å². The first-order chi connectivity index (χ1) is 17.7. The highest BCUT2D eigenvalue weighted by Crippen LogP contribution is 2.28. The van der Waals surface area contributed by atoms with Gasteiger partial charge in [0.05, 0.1) is 11.7 Å². The van der Waals surface area contributed by atoms with E-state index in [1.165, 1.54) is 0 Å². The van der Waals surface area contributed by atoms with Gasteiger partial charge in [0.25, 0.3) is 0 Å². The Labute approximate surface area is 208 Å². The highest BCUT2D eigenvalue weighted by atomic mass is 16.5. The van der Waals surface area contributed by atoms with E-state index in [1.54, 1.807) is 6.20 Å². The van der Waals surface area contributed by atoms with Crippen LogP contribution in [0.1, 0.15) is 22.9 Å². The van der Waals surface area contributed by atoms with Crippen LogP contribution in [0.5, 0.6) is 0 Å². The van der Waals surface area contributed by atoms with Gasteiger partial charge >= 0.3 is 6.09 Å². The smallest absolute Gasteiger partial charge is 0.407 e. The summed E-state index contributed by atoms with van der Waals surface area (Å²) in [7, 11) is 0. The van der Waals surface area contributed by atoms with E-state index in [2.05, 4.69) is 26.7 Å². The Kier molecular flexibility index (Phi) is 6.89. The molecular formula is C29H26N4O3. The molecule has 2 amide bonds. The van der Waals surface area contributed by atoms with Crippen molar-refractivity contribution in [3.63, 3.8) is 0 Å². The van der Waals surface area contributed by atoms with E-state index in [4.69, 9.17) is 4.74 Å². The number of fused-ring (bicyclic) bond motifs is 2. The van der Waals surface area contributed by atoms with E-state index in [9.17, 15) is 9.59 Å². The minimum absolute atomic E-state index is 0.136. The highest BCUT2D eigenvalue weighted by molar-refractivity contribution is 5.87. The number of nitrogens with zero attached hydrogens (tertiary/aromatic N) is 1. The van der Waals surface area contributed by atoms with E-state index >= 15 is 0 Å². The molecule has 36 heavy (non-hydrogen) atoms. The van der Waals surface area contributed by atoms with Gasteiger partial charge in [0.15, 0.2) is 0 Å². The van der Waals surface area contributed by atoms with Crippen LogP contribution in [-0.2, 0) is 22.6 Å². The fraction of sp³-hybridized carbons (Fsp3) is 0.138. The Bertz CT molecular complexity index is 1490. The maximum absolute atomic E-state index is 12.9. The van der Waals surface area contributed by atoms with Gasteiger partial charge < -0.3 is 20.4 Å². The Morgan fingerprint density at radius 1 is 0.889 bits per heavy atom. The molecule has 0 aliphatic rings. The standard InChI is InChI=1S/C29H26N4O3/c34-27(18-32-29(35)36-19-20-8-2-1-3-9-20)33-26(16-22-17-31-25-13-7-6-11-23(22)25)28-24-12-5-4-10-21(24)14-15-30-28/h1-15,17,26,31H,16,18-19H2,(H,32,35)(H,33,34)/t26-/m0/s1. The fourth-order valence-corrected chi connectivity index (χ4v) is 4.33. The Morgan fingerprint density at radius 3 is 2.50 bits per heavy atom. The number of carbonyl (C=O) groups is 2. The molecular weight excluding hydrogens is 452 g/mol. The number of pyridine rings is 1. The van der Waals surface area contributed by atoms with Crippen molar-refractivity contribution in [3.05, 3.63) is 114 Å². The second-order valence-electron chi connectivity index (χ2n) is 8.52. The molecule has 0 aliphatic heterocycles. The molecule has 0 radical (unpaired) electrons. The lowest BCUT2D eigenvalue weighted by Gasteiger charge is -2.20. The van der Waals surface area contributed by atoms with Crippen LogP contribution in [-0.4, -0.2) is 28.5 Å². The number of rotatable bonds is 8. The van der Waals surface area contributed by atoms with Gasteiger partial charge in [0.2, 0.25) is 5.91 Å². The third-order valence-corrected chi connectivity index (χ3v) is 6.07. The van der Waals surface area contributed by atoms with Crippen LogP contribution in [0.3, 0.4) is 0 Å². The molecule has 0 bridgehead atoms. The number of aromatic amines is 1. The number of hydrogen-bond acceptors (Lipinski definition) is 4. The van der Waals surface area contributed by atoms with Gasteiger partial charge in [0, 0.05) is 35.1 Å². The second kappa shape index (κ2) is 10.7. The maximum atomic E-state index is 12.9. The molecule has 0 fully saturated rings. The molecule has 0 aliphatic carbocycles. The summed E-state index contributed by atoms with van der Waals surface area (Å²) < 4.78 is 5.21. The number of nitrogens with one attached hydrogen (secondary N) is 3. The lowest BCUT2D eigenvalue weighted by Crippen LogP contribution is -2.39. The normalized spacial score (nSPS) is 11.8. The van der Waals surface area contributed by atoms with E-state index in [0.29, 0.717) is 6.42 Å². The number of benzene rings is 3. The predicted octanol–water partition coefficient (Wildman–Crippen LogP) is 5.04. The number of amides is 2. The van der Waals surface area contributed by atoms with Crippen molar-refractivity contribution < 1.29 is 14.3 Å². The third kappa shape index (κ3) is 5.36. The van der Waals surface area contributed by atoms with Crippen molar-refractivity contribution >= 4 is 33.7 Å². The number of carbonyl (C=O) groups excluding carboxylic acids is 2. The highest BCUT2D eigenvalue weighted by Gasteiger charge is 2.21. The van der Waals surface area contributed by atoms with Crippen LogP contribution in [0.4, 0.5) is 4.79 Å². The van der Waals surface area contributed by atoms with E-state index < -0.39 is 12.1 Å². The van der Waals surface area contributed by atoms with Crippen LogP contribution in [0.15, 0.2) is 97.3 Å². The molecule has 0 spiro atoms.